The number of pyridine rings is 1. The van der Waals surface area contributed by atoms with Gasteiger partial charge in [-0.05, 0) is 24.3 Å². The molecule has 0 fully saturated rings. The predicted octanol–water partition coefficient (Wildman–Crippen LogP) is 2.46. The Morgan fingerprint density at radius 2 is 2.00 bits per heavy atom. The number of rotatable bonds is 3. The second-order valence-corrected chi connectivity index (χ2v) is 4.14. The van der Waals surface area contributed by atoms with Crippen LogP contribution in [0.2, 0.25) is 0 Å². The highest BCUT2D eigenvalue weighted by Crippen LogP contribution is 2.17. The molecule has 0 radical (unpaired) electrons. The standard InChI is InChI=1S/C15H12N4/c1-19(14-6-2-4-12(8-14)9-16)11-13-5-3-7-18-15(13)10-17/h2-8H,11H2,1H3. The van der Waals surface area contributed by atoms with Gasteiger partial charge in [0, 0.05) is 31.0 Å². The Balaban J connectivity index is 2.24. The molecule has 92 valence electrons. The molecule has 1 aromatic carbocycles. The van der Waals surface area contributed by atoms with E-state index in [0.717, 1.165) is 11.3 Å². The number of benzene rings is 1. The summed E-state index contributed by atoms with van der Waals surface area (Å²) in [4.78, 5) is 6.02. The topological polar surface area (TPSA) is 63.7 Å². The van der Waals surface area contributed by atoms with E-state index in [1.165, 1.54) is 0 Å². The van der Waals surface area contributed by atoms with E-state index in [0.29, 0.717) is 17.8 Å². The van der Waals surface area contributed by atoms with Crippen molar-refractivity contribution in [2.45, 2.75) is 6.54 Å². The monoisotopic (exact) mass is 248 g/mol. The van der Waals surface area contributed by atoms with Crippen LogP contribution < -0.4 is 4.90 Å². The SMILES string of the molecule is CN(Cc1cccnc1C#N)c1cccc(C#N)c1. The molecule has 1 aromatic heterocycles. The van der Waals surface area contributed by atoms with Crippen molar-refractivity contribution < 1.29 is 0 Å². The fourth-order valence-corrected chi connectivity index (χ4v) is 1.83. The molecule has 0 unspecified atom stereocenters. The van der Waals surface area contributed by atoms with Crippen molar-refractivity contribution in [3.63, 3.8) is 0 Å². The molecule has 0 aliphatic heterocycles. The fraction of sp³-hybridized carbons (Fsp3) is 0.133. The normalized spacial score (nSPS) is 9.42. The zero-order valence-corrected chi connectivity index (χ0v) is 10.5. The number of hydrogen-bond acceptors (Lipinski definition) is 4. The molecule has 1 heterocycles. The van der Waals surface area contributed by atoms with Crippen molar-refractivity contribution in [2.24, 2.45) is 0 Å². The van der Waals surface area contributed by atoms with Gasteiger partial charge in [0.25, 0.3) is 0 Å². The molecular weight excluding hydrogens is 236 g/mol. The molecule has 0 N–H and O–H groups in total. The summed E-state index contributed by atoms with van der Waals surface area (Å²) in [6.07, 6.45) is 1.61. The molecule has 2 rings (SSSR count). The first-order valence-electron chi connectivity index (χ1n) is 5.80. The Labute approximate surface area is 112 Å². The number of nitriles is 2. The molecule has 2 aromatic rings. The van der Waals surface area contributed by atoms with Crippen LogP contribution in [-0.4, -0.2) is 12.0 Å². The molecule has 4 nitrogen and oxygen atoms in total. The van der Waals surface area contributed by atoms with Gasteiger partial charge >= 0.3 is 0 Å². The van der Waals surface area contributed by atoms with Crippen LogP contribution in [-0.2, 0) is 6.54 Å². The summed E-state index contributed by atoms with van der Waals surface area (Å²) in [6.45, 7) is 0.575. The van der Waals surface area contributed by atoms with Crippen molar-refractivity contribution >= 4 is 5.69 Å². The lowest BCUT2D eigenvalue weighted by atomic mass is 10.1. The van der Waals surface area contributed by atoms with Crippen LogP contribution in [0.5, 0.6) is 0 Å². The van der Waals surface area contributed by atoms with Gasteiger partial charge in [0.15, 0.2) is 0 Å². The number of aromatic nitrogens is 1. The summed E-state index contributed by atoms with van der Waals surface area (Å²) in [5.74, 6) is 0. The van der Waals surface area contributed by atoms with Crippen LogP contribution in [0.25, 0.3) is 0 Å². The van der Waals surface area contributed by atoms with Crippen LogP contribution in [0.1, 0.15) is 16.8 Å². The Morgan fingerprint density at radius 3 is 2.74 bits per heavy atom. The summed E-state index contributed by atoms with van der Waals surface area (Å²) < 4.78 is 0. The Kier molecular flexibility index (Phi) is 3.75. The van der Waals surface area contributed by atoms with Gasteiger partial charge in [-0.2, -0.15) is 10.5 Å². The molecule has 0 bridgehead atoms. The largest absolute Gasteiger partial charge is 0.370 e. The molecule has 0 aliphatic rings. The average molecular weight is 248 g/mol. The van der Waals surface area contributed by atoms with Crippen LogP contribution in [0.15, 0.2) is 42.6 Å². The summed E-state index contributed by atoms with van der Waals surface area (Å²) in [7, 11) is 1.92. The maximum absolute atomic E-state index is 9.01. The van der Waals surface area contributed by atoms with Crippen LogP contribution in [0.3, 0.4) is 0 Å². The Hall–Kier alpha value is -2.85. The molecule has 19 heavy (non-hydrogen) atoms. The van der Waals surface area contributed by atoms with Gasteiger partial charge in [-0.3, -0.25) is 0 Å². The zero-order valence-electron chi connectivity index (χ0n) is 10.5. The molecule has 0 aliphatic carbocycles. The van der Waals surface area contributed by atoms with Crippen LogP contribution in [0.4, 0.5) is 5.69 Å². The van der Waals surface area contributed by atoms with Gasteiger partial charge in [-0.15, -0.1) is 0 Å². The van der Waals surface area contributed by atoms with E-state index in [-0.39, 0.29) is 0 Å². The Bertz CT molecular complexity index is 664. The third-order valence-corrected chi connectivity index (χ3v) is 2.82. The van der Waals surface area contributed by atoms with Crippen LogP contribution in [0, 0.1) is 22.7 Å². The highest BCUT2D eigenvalue weighted by atomic mass is 15.1. The van der Waals surface area contributed by atoms with E-state index in [2.05, 4.69) is 17.1 Å². The third-order valence-electron chi connectivity index (χ3n) is 2.82. The van der Waals surface area contributed by atoms with E-state index >= 15 is 0 Å². The molecule has 0 spiro atoms. The predicted molar refractivity (Wildman–Crippen MR) is 72.2 cm³/mol. The van der Waals surface area contributed by atoms with E-state index in [1.54, 1.807) is 12.3 Å². The van der Waals surface area contributed by atoms with E-state index < -0.39 is 0 Å². The summed E-state index contributed by atoms with van der Waals surface area (Å²) in [5, 5.41) is 17.9. The van der Waals surface area contributed by atoms with E-state index in [4.69, 9.17) is 10.5 Å². The second-order valence-electron chi connectivity index (χ2n) is 4.14. The zero-order chi connectivity index (χ0) is 13.7. The highest BCUT2D eigenvalue weighted by Gasteiger charge is 2.07. The van der Waals surface area contributed by atoms with Crippen LogP contribution >= 0.6 is 0 Å². The van der Waals surface area contributed by atoms with Gasteiger partial charge in [-0.1, -0.05) is 12.1 Å². The quantitative estimate of drug-likeness (QED) is 0.837. The summed E-state index contributed by atoms with van der Waals surface area (Å²) >= 11 is 0. The van der Waals surface area contributed by atoms with E-state index in [1.807, 2.05) is 42.3 Å². The van der Waals surface area contributed by atoms with Gasteiger partial charge in [-0.25, -0.2) is 4.98 Å². The minimum absolute atomic E-state index is 0.436. The first-order valence-corrected chi connectivity index (χ1v) is 5.80. The molecule has 0 amide bonds. The third kappa shape index (κ3) is 2.88. The molecule has 0 saturated heterocycles. The highest BCUT2D eigenvalue weighted by molar-refractivity contribution is 5.51. The molecule has 0 saturated carbocycles. The number of anilines is 1. The number of nitrogens with zero attached hydrogens (tertiary/aromatic N) is 4. The minimum atomic E-state index is 0.436. The van der Waals surface area contributed by atoms with Gasteiger partial charge in [0.05, 0.1) is 11.6 Å². The molecule has 4 heteroatoms. The van der Waals surface area contributed by atoms with Gasteiger partial charge in [0.1, 0.15) is 11.8 Å². The lowest BCUT2D eigenvalue weighted by molar-refractivity contribution is 0.909. The lowest BCUT2D eigenvalue weighted by Gasteiger charge is -2.19. The fourth-order valence-electron chi connectivity index (χ4n) is 1.83. The van der Waals surface area contributed by atoms with Gasteiger partial charge < -0.3 is 4.90 Å². The Morgan fingerprint density at radius 1 is 1.16 bits per heavy atom. The smallest absolute Gasteiger partial charge is 0.145 e. The van der Waals surface area contributed by atoms with E-state index in [9.17, 15) is 0 Å². The maximum atomic E-state index is 9.01. The van der Waals surface area contributed by atoms with Crippen molar-refractivity contribution in [3.8, 4) is 12.1 Å². The summed E-state index contributed by atoms with van der Waals surface area (Å²) in [5.41, 5.74) is 2.86. The van der Waals surface area contributed by atoms with Crippen molar-refractivity contribution in [3.05, 3.63) is 59.4 Å². The summed E-state index contributed by atoms with van der Waals surface area (Å²) in [6, 6.07) is 15.3. The second kappa shape index (κ2) is 5.66. The number of hydrogen-bond donors (Lipinski definition) is 0. The first kappa shape index (κ1) is 12.6. The van der Waals surface area contributed by atoms with Crippen molar-refractivity contribution in [1.82, 2.24) is 4.98 Å². The lowest BCUT2D eigenvalue weighted by Crippen LogP contribution is -2.17. The minimum Gasteiger partial charge on any atom is -0.370 e. The average Bonchev–Trinajstić information content (AvgIpc) is 2.47. The van der Waals surface area contributed by atoms with Crippen molar-refractivity contribution in [1.29, 1.82) is 10.5 Å². The first-order chi connectivity index (χ1) is 9.24. The maximum Gasteiger partial charge on any atom is 0.145 e. The van der Waals surface area contributed by atoms with Gasteiger partial charge in [0.2, 0.25) is 0 Å². The molecule has 0 atom stereocenters. The van der Waals surface area contributed by atoms with Crippen molar-refractivity contribution in [2.75, 3.05) is 11.9 Å². The molecular formula is C15H12N4.